The molecular formula is C11H18N2OS. The minimum atomic E-state index is -0.226. The number of hydrogen-bond donors (Lipinski definition) is 2. The highest BCUT2D eigenvalue weighted by Gasteiger charge is 2.06. The van der Waals surface area contributed by atoms with Gasteiger partial charge in [-0.2, -0.15) is 0 Å². The summed E-state index contributed by atoms with van der Waals surface area (Å²) in [6.45, 7) is 5.07. The molecule has 0 saturated heterocycles. The molecule has 0 aliphatic rings. The second-order valence-corrected chi connectivity index (χ2v) is 5.01. The molecule has 0 aromatic carbocycles. The van der Waals surface area contributed by atoms with Crippen molar-refractivity contribution in [3.63, 3.8) is 0 Å². The van der Waals surface area contributed by atoms with Gasteiger partial charge in [-0.15, -0.1) is 11.3 Å². The molecule has 1 aromatic rings. The molecule has 1 rings (SSSR count). The summed E-state index contributed by atoms with van der Waals surface area (Å²) >= 11 is 1.81. The molecule has 1 aromatic heterocycles. The van der Waals surface area contributed by atoms with Crippen LogP contribution >= 0.6 is 11.3 Å². The van der Waals surface area contributed by atoms with Crippen molar-refractivity contribution in [3.05, 3.63) is 21.9 Å². The molecule has 1 amide bonds. The van der Waals surface area contributed by atoms with Gasteiger partial charge >= 0.3 is 0 Å². The van der Waals surface area contributed by atoms with Crippen LogP contribution < -0.4 is 11.1 Å². The minimum Gasteiger partial charge on any atom is -0.370 e. The van der Waals surface area contributed by atoms with Crippen LogP contribution in [0, 0.1) is 6.92 Å². The average Bonchev–Trinajstić information content (AvgIpc) is 2.59. The van der Waals surface area contributed by atoms with Crippen molar-refractivity contribution >= 4 is 17.2 Å². The largest absolute Gasteiger partial charge is 0.370 e. The van der Waals surface area contributed by atoms with Crippen molar-refractivity contribution < 1.29 is 4.79 Å². The van der Waals surface area contributed by atoms with Crippen molar-refractivity contribution in [2.24, 2.45) is 5.73 Å². The van der Waals surface area contributed by atoms with E-state index in [9.17, 15) is 4.79 Å². The maximum atomic E-state index is 10.5. The number of amides is 1. The monoisotopic (exact) mass is 226 g/mol. The summed E-state index contributed by atoms with van der Waals surface area (Å²) in [7, 11) is 0. The lowest BCUT2D eigenvalue weighted by atomic mass is 10.2. The van der Waals surface area contributed by atoms with E-state index in [1.165, 1.54) is 9.75 Å². The number of aryl methyl sites for hydroxylation is 1. The Kier molecular flexibility index (Phi) is 4.78. The highest BCUT2D eigenvalue weighted by atomic mass is 32.1. The fourth-order valence-corrected chi connectivity index (χ4v) is 2.27. The van der Waals surface area contributed by atoms with Gasteiger partial charge in [-0.05, 0) is 38.9 Å². The molecule has 0 saturated carbocycles. The third-order valence-corrected chi connectivity index (χ3v) is 3.42. The molecule has 0 spiro atoms. The minimum absolute atomic E-state index is 0.226. The van der Waals surface area contributed by atoms with Gasteiger partial charge in [0.1, 0.15) is 0 Å². The standard InChI is InChI=1S/C11H18N2OS/c1-8-5-6-10(15-8)9(2)13-7-3-4-11(12)14/h5-6,9,13H,3-4,7H2,1-2H3,(H2,12,14). The number of carbonyl (C=O) groups excluding carboxylic acids is 1. The first-order chi connectivity index (χ1) is 7.09. The molecule has 4 heteroatoms. The number of carbonyl (C=O) groups is 1. The summed E-state index contributed by atoms with van der Waals surface area (Å²) in [6, 6.07) is 4.63. The van der Waals surface area contributed by atoms with Crippen LogP contribution in [0.1, 0.15) is 35.6 Å². The normalized spacial score (nSPS) is 12.7. The zero-order valence-corrected chi connectivity index (χ0v) is 10.1. The highest BCUT2D eigenvalue weighted by molar-refractivity contribution is 7.12. The van der Waals surface area contributed by atoms with E-state index < -0.39 is 0 Å². The number of nitrogens with one attached hydrogen (secondary N) is 1. The third kappa shape index (κ3) is 4.44. The van der Waals surface area contributed by atoms with Crippen LogP contribution in [-0.2, 0) is 4.79 Å². The lowest BCUT2D eigenvalue weighted by molar-refractivity contribution is -0.118. The van der Waals surface area contributed by atoms with Gasteiger partial charge in [-0.1, -0.05) is 0 Å². The first kappa shape index (κ1) is 12.2. The van der Waals surface area contributed by atoms with E-state index in [4.69, 9.17) is 5.73 Å². The number of thiophene rings is 1. The fraction of sp³-hybridized carbons (Fsp3) is 0.545. The Hall–Kier alpha value is -0.870. The van der Waals surface area contributed by atoms with Crippen LogP contribution in [0.25, 0.3) is 0 Å². The summed E-state index contributed by atoms with van der Waals surface area (Å²) in [5, 5.41) is 3.37. The van der Waals surface area contributed by atoms with Gasteiger partial charge in [0.05, 0.1) is 0 Å². The van der Waals surface area contributed by atoms with Gasteiger partial charge in [0, 0.05) is 22.2 Å². The molecule has 0 bridgehead atoms. The number of primary amides is 1. The van der Waals surface area contributed by atoms with Crippen molar-refractivity contribution in [2.75, 3.05) is 6.54 Å². The van der Waals surface area contributed by atoms with E-state index in [2.05, 4.69) is 31.3 Å². The molecule has 1 unspecified atom stereocenters. The Morgan fingerprint density at radius 3 is 2.87 bits per heavy atom. The third-order valence-electron chi connectivity index (χ3n) is 2.24. The summed E-state index contributed by atoms with van der Waals surface area (Å²) < 4.78 is 0. The molecule has 84 valence electrons. The van der Waals surface area contributed by atoms with Gasteiger partial charge < -0.3 is 11.1 Å². The first-order valence-electron chi connectivity index (χ1n) is 5.17. The number of rotatable bonds is 6. The second kappa shape index (κ2) is 5.88. The topological polar surface area (TPSA) is 55.1 Å². The van der Waals surface area contributed by atoms with E-state index in [1.807, 2.05) is 0 Å². The van der Waals surface area contributed by atoms with Gasteiger partial charge in [-0.3, -0.25) is 4.79 Å². The highest BCUT2D eigenvalue weighted by Crippen LogP contribution is 2.21. The molecule has 1 heterocycles. The van der Waals surface area contributed by atoms with Crippen LogP contribution in [0.15, 0.2) is 12.1 Å². The van der Waals surface area contributed by atoms with Gasteiger partial charge in [0.15, 0.2) is 0 Å². The van der Waals surface area contributed by atoms with Crippen LogP contribution in [0.3, 0.4) is 0 Å². The van der Waals surface area contributed by atoms with Gasteiger partial charge in [0.25, 0.3) is 0 Å². The summed E-state index contributed by atoms with van der Waals surface area (Å²) in [6.07, 6.45) is 1.27. The van der Waals surface area contributed by atoms with E-state index in [1.54, 1.807) is 11.3 Å². The summed E-state index contributed by atoms with van der Waals surface area (Å²) in [4.78, 5) is 13.2. The molecular weight excluding hydrogens is 208 g/mol. The zero-order chi connectivity index (χ0) is 11.3. The quantitative estimate of drug-likeness (QED) is 0.729. The first-order valence-corrected chi connectivity index (χ1v) is 5.99. The summed E-state index contributed by atoms with van der Waals surface area (Å²) in [5.41, 5.74) is 5.06. The molecule has 3 nitrogen and oxygen atoms in total. The Morgan fingerprint density at radius 1 is 1.60 bits per heavy atom. The lowest BCUT2D eigenvalue weighted by Gasteiger charge is -2.11. The number of nitrogens with two attached hydrogens (primary N) is 1. The van der Waals surface area contributed by atoms with E-state index in [0.717, 1.165) is 13.0 Å². The Balaban J connectivity index is 2.24. The smallest absolute Gasteiger partial charge is 0.217 e. The fourth-order valence-electron chi connectivity index (χ4n) is 1.37. The average molecular weight is 226 g/mol. The van der Waals surface area contributed by atoms with Crippen molar-refractivity contribution in [2.45, 2.75) is 32.7 Å². The number of hydrogen-bond acceptors (Lipinski definition) is 3. The van der Waals surface area contributed by atoms with E-state index in [0.29, 0.717) is 12.5 Å². The van der Waals surface area contributed by atoms with Crippen molar-refractivity contribution in [1.29, 1.82) is 0 Å². The van der Waals surface area contributed by atoms with E-state index in [-0.39, 0.29) is 5.91 Å². The molecule has 0 aliphatic carbocycles. The molecule has 0 aliphatic heterocycles. The molecule has 0 fully saturated rings. The zero-order valence-electron chi connectivity index (χ0n) is 9.25. The Labute approximate surface area is 94.7 Å². The van der Waals surface area contributed by atoms with Gasteiger partial charge in [0.2, 0.25) is 5.91 Å². The van der Waals surface area contributed by atoms with Crippen LogP contribution in [0.4, 0.5) is 0 Å². The van der Waals surface area contributed by atoms with Crippen LogP contribution in [-0.4, -0.2) is 12.5 Å². The summed E-state index contributed by atoms with van der Waals surface area (Å²) in [5.74, 6) is -0.226. The predicted molar refractivity (Wildman–Crippen MR) is 63.9 cm³/mol. The molecule has 15 heavy (non-hydrogen) atoms. The Morgan fingerprint density at radius 2 is 2.33 bits per heavy atom. The Bertz CT molecular complexity index is 322. The van der Waals surface area contributed by atoms with Crippen molar-refractivity contribution in [3.8, 4) is 0 Å². The van der Waals surface area contributed by atoms with Crippen LogP contribution in [0.5, 0.6) is 0 Å². The maximum Gasteiger partial charge on any atom is 0.217 e. The molecule has 1 atom stereocenters. The molecule has 3 N–H and O–H groups in total. The predicted octanol–water partition coefficient (Wildman–Crippen LogP) is 1.97. The van der Waals surface area contributed by atoms with Crippen molar-refractivity contribution in [1.82, 2.24) is 5.32 Å². The molecule has 0 radical (unpaired) electrons. The van der Waals surface area contributed by atoms with E-state index >= 15 is 0 Å². The van der Waals surface area contributed by atoms with Gasteiger partial charge in [-0.25, -0.2) is 0 Å². The van der Waals surface area contributed by atoms with Crippen LogP contribution in [0.2, 0.25) is 0 Å². The second-order valence-electron chi connectivity index (χ2n) is 3.69. The lowest BCUT2D eigenvalue weighted by Crippen LogP contribution is -2.21. The SMILES string of the molecule is Cc1ccc(C(C)NCCCC(N)=O)s1. The maximum absolute atomic E-state index is 10.5.